The molecular weight excluding hydrogens is 270 g/mol. The number of likely N-dealkylation sites (tertiary alicyclic amines) is 1. The molecule has 0 radical (unpaired) electrons. The Morgan fingerprint density at radius 2 is 1.90 bits per heavy atom. The van der Waals surface area contributed by atoms with E-state index in [0.717, 1.165) is 25.2 Å². The standard InChI is InChI=1S/C16H23NO4/c1-20-14-6-5-12(11-15(14)21-2)13(16(18)19)7-10-17-8-3-4-9-17/h5-6,11,13H,3-4,7-10H2,1-2H3,(H,18,19). The van der Waals surface area contributed by atoms with Crippen LogP contribution >= 0.6 is 0 Å². The summed E-state index contributed by atoms with van der Waals surface area (Å²) < 4.78 is 10.4. The molecule has 1 aromatic carbocycles. The molecular formula is C16H23NO4. The fourth-order valence-electron chi connectivity index (χ4n) is 2.82. The van der Waals surface area contributed by atoms with E-state index in [4.69, 9.17) is 9.47 Å². The largest absolute Gasteiger partial charge is 0.493 e. The number of hydrogen-bond donors (Lipinski definition) is 1. The van der Waals surface area contributed by atoms with Crippen molar-refractivity contribution in [3.63, 3.8) is 0 Å². The van der Waals surface area contributed by atoms with Crippen molar-refractivity contribution < 1.29 is 19.4 Å². The van der Waals surface area contributed by atoms with Crippen LogP contribution in [0.1, 0.15) is 30.7 Å². The van der Waals surface area contributed by atoms with Crippen molar-refractivity contribution in [3.8, 4) is 11.5 Å². The Kier molecular flexibility index (Phi) is 5.44. The molecule has 5 nitrogen and oxygen atoms in total. The maximum absolute atomic E-state index is 11.6. The number of aliphatic carboxylic acids is 1. The minimum absolute atomic E-state index is 0.509. The first-order valence-electron chi connectivity index (χ1n) is 7.32. The third-order valence-electron chi connectivity index (χ3n) is 4.04. The lowest BCUT2D eigenvalue weighted by Crippen LogP contribution is -2.24. The highest BCUT2D eigenvalue weighted by molar-refractivity contribution is 5.76. The third-order valence-corrected chi connectivity index (χ3v) is 4.04. The fraction of sp³-hybridized carbons (Fsp3) is 0.562. The Bertz CT molecular complexity index is 483. The first-order valence-corrected chi connectivity index (χ1v) is 7.32. The van der Waals surface area contributed by atoms with Gasteiger partial charge < -0.3 is 19.5 Å². The topological polar surface area (TPSA) is 59.0 Å². The first kappa shape index (κ1) is 15.6. The number of hydrogen-bond acceptors (Lipinski definition) is 4. The van der Waals surface area contributed by atoms with Gasteiger partial charge in [-0.3, -0.25) is 4.79 Å². The van der Waals surface area contributed by atoms with E-state index < -0.39 is 11.9 Å². The SMILES string of the molecule is COc1ccc(C(CCN2CCCC2)C(=O)O)cc1OC. The summed E-state index contributed by atoms with van der Waals surface area (Å²) in [5.74, 6) is -0.112. The van der Waals surface area contributed by atoms with Gasteiger partial charge in [0.15, 0.2) is 11.5 Å². The highest BCUT2D eigenvalue weighted by Crippen LogP contribution is 2.32. The van der Waals surface area contributed by atoms with Crippen molar-refractivity contribution in [3.05, 3.63) is 23.8 Å². The number of ether oxygens (including phenoxy) is 2. The van der Waals surface area contributed by atoms with Crippen LogP contribution in [0.3, 0.4) is 0 Å². The molecule has 1 N–H and O–H groups in total. The Hall–Kier alpha value is -1.75. The molecule has 1 atom stereocenters. The Morgan fingerprint density at radius 3 is 2.48 bits per heavy atom. The molecule has 0 spiro atoms. The summed E-state index contributed by atoms with van der Waals surface area (Å²) in [4.78, 5) is 13.9. The van der Waals surface area contributed by atoms with Crippen LogP contribution in [0.4, 0.5) is 0 Å². The molecule has 0 aromatic heterocycles. The maximum atomic E-state index is 11.6. The van der Waals surface area contributed by atoms with Gasteiger partial charge in [-0.05, 0) is 56.6 Å². The molecule has 1 aliphatic heterocycles. The van der Waals surface area contributed by atoms with Gasteiger partial charge in [0.25, 0.3) is 0 Å². The second kappa shape index (κ2) is 7.31. The molecule has 5 heteroatoms. The number of carboxylic acid groups (broad SMARTS) is 1. The van der Waals surface area contributed by atoms with Crippen molar-refractivity contribution in [2.75, 3.05) is 33.9 Å². The van der Waals surface area contributed by atoms with E-state index in [1.54, 1.807) is 26.4 Å². The lowest BCUT2D eigenvalue weighted by Gasteiger charge is -2.19. The van der Waals surface area contributed by atoms with E-state index in [9.17, 15) is 9.90 Å². The molecule has 1 aromatic rings. The molecule has 0 bridgehead atoms. The summed E-state index contributed by atoms with van der Waals surface area (Å²) in [7, 11) is 3.13. The molecule has 2 rings (SSSR count). The monoisotopic (exact) mass is 293 g/mol. The Morgan fingerprint density at radius 1 is 1.24 bits per heavy atom. The number of benzene rings is 1. The number of methoxy groups -OCH3 is 2. The van der Waals surface area contributed by atoms with E-state index in [0.29, 0.717) is 17.9 Å². The zero-order valence-electron chi connectivity index (χ0n) is 12.7. The summed E-state index contributed by atoms with van der Waals surface area (Å²) in [5.41, 5.74) is 0.763. The normalized spacial score (nSPS) is 16.7. The zero-order valence-corrected chi connectivity index (χ0v) is 12.7. The van der Waals surface area contributed by atoms with Crippen LogP contribution in [-0.4, -0.2) is 49.8 Å². The van der Waals surface area contributed by atoms with Crippen LogP contribution in [0.15, 0.2) is 18.2 Å². The quantitative estimate of drug-likeness (QED) is 0.836. The van der Waals surface area contributed by atoms with Crippen LogP contribution in [-0.2, 0) is 4.79 Å². The third kappa shape index (κ3) is 3.88. The van der Waals surface area contributed by atoms with Crippen LogP contribution in [0.5, 0.6) is 11.5 Å². The summed E-state index contributed by atoms with van der Waals surface area (Å²) in [5, 5.41) is 9.50. The van der Waals surface area contributed by atoms with Crippen molar-refractivity contribution in [1.82, 2.24) is 4.90 Å². The van der Waals surface area contributed by atoms with Gasteiger partial charge in [-0.25, -0.2) is 0 Å². The summed E-state index contributed by atoms with van der Waals surface area (Å²) in [6, 6.07) is 5.34. The first-order chi connectivity index (χ1) is 10.2. The van der Waals surface area contributed by atoms with Gasteiger partial charge in [0.2, 0.25) is 0 Å². The molecule has 116 valence electrons. The Balaban J connectivity index is 2.11. The lowest BCUT2D eigenvalue weighted by molar-refractivity contribution is -0.139. The van der Waals surface area contributed by atoms with Crippen molar-refractivity contribution in [2.45, 2.75) is 25.2 Å². The Labute approximate surface area is 125 Å². The highest BCUT2D eigenvalue weighted by atomic mass is 16.5. The van der Waals surface area contributed by atoms with Crippen molar-refractivity contribution in [2.24, 2.45) is 0 Å². The van der Waals surface area contributed by atoms with Gasteiger partial charge in [0.1, 0.15) is 0 Å². The summed E-state index contributed by atoms with van der Waals surface area (Å²) >= 11 is 0. The van der Waals surface area contributed by atoms with E-state index >= 15 is 0 Å². The van der Waals surface area contributed by atoms with Gasteiger partial charge in [0.05, 0.1) is 20.1 Å². The number of rotatable bonds is 7. The van der Waals surface area contributed by atoms with E-state index in [-0.39, 0.29) is 0 Å². The van der Waals surface area contributed by atoms with Crippen molar-refractivity contribution in [1.29, 1.82) is 0 Å². The second-order valence-corrected chi connectivity index (χ2v) is 5.34. The molecule has 21 heavy (non-hydrogen) atoms. The maximum Gasteiger partial charge on any atom is 0.311 e. The number of nitrogens with zero attached hydrogens (tertiary/aromatic N) is 1. The molecule has 0 saturated carbocycles. The molecule has 1 fully saturated rings. The summed E-state index contributed by atoms with van der Waals surface area (Å²) in [6.45, 7) is 2.99. The molecule has 1 aliphatic rings. The van der Waals surface area contributed by atoms with E-state index in [1.807, 2.05) is 6.07 Å². The fourth-order valence-corrected chi connectivity index (χ4v) is 2.82. The predicted octanol–water partition coefficient (Wildman–Crippen LogP) is 2.36. The second-order valence-electron chi connectivity index (χ2n) is 5.34. The van der Waals surface area contributed by atoms with Gasteiger partial charge in [0, 0.05) is 0 Å². The van der Waals surface area contributed by atoms with Crippen molar-refractivity contribution >= 4 is 5.97 Å². The van der Waals surface area contributed by atoms with E-state index in [1.165, 1.54) is 12.8 Å². The minimum atomic E-state index is -0.790. The predicted molar refractivity (Wildman–Crippen MR) is 80.2 cm³/mol. The smallest absolute Gasteiger partial charge is 0.311 e. The van der Waals surface area contributed by atoms with Gasteiger partial charge in [-0.15, -0.1) is 0 Å². The number of carboxylic acids is 1. The van der Waals surface area contributed by atoms with Gasteiger partial charge in [-0.1, -0.05) is 6.07 Å². The highest BCUT2D eigenvalue weighted by Gasteiger charge is 2.23. The number of carbonyl (C=O) groups is 1. The molecule has 1 unspecified atom stereocenters. The van der Waals surface area contributed by atoms with Crippen LogP contribution in [0, 0.1) is 0 Å². The zero-order chi connectivity index (χ0) is 15.2. The molecule has 1 saturated heterocycles. The van der Waals surface area contributed by atoms with Crippen LogP contribution in [0.25, 0.3) is 0 Å². The molecule has 0 aliphatic carbocycles. The van der Waals surface area contributed by atoms with Crippen LogP contribution in [0.2, 0.25) is 0 Å². The van der Waals surface area contributed by atoms with E-state index in [2.05, 4.69) is 4.90 Å². The molecule has 1 heterocycles. The average Bonchev–Trinajstić information content (AvgIpc) is 3.00. The average molecular weight is 293 g/mol. The lowest BCUT2D eigenvalue weighted by atomic mass is 9.95. The van der Waals surface area contributed by atoms with Gasteiger partial charge >= 0.3 is 5.97 Å². The molecule has 0 amide bonds. The summed E-state index contributed by atoms with van der Waals surface area (Å²) in [6.07, 6.45) is 3.05. The van der Waals surface area contributed by atoms with Gasteiger partial charge in [-0.2, -0.15) is 0 Å². The van der Waals surface area contributed by atoms with Crippen LogP contribution < -0.4 is 9.47 Å². The minimum Gasteiger partial charge on any atom is -0.493 e.